The Labute approximate surface area is 202 Å². The van der Waals surface area contributed by atoms with Gasteiger partial charge in [-0.2, -0.15) is 0 Å². The Bertz CT molecular complexity index is 874. The number of hydrogen-bond donors (Lipinski definition) is 2. The molecule has 8 heteroatoms. The fourth-order valence-electron chi connectivity index (χ4n) is 3.77. The van der Waals surface area contributed by atoms with Gasteiger partial charge in [0.05, 0.1) is 25.4 Å². The van der Waals surface area contributed by atoms with E-state index < -0.39 is 17.9 Å². The van der Waals surface area contributed by atoms with Gasteiger partial charge in [-0.25, -0.2) is 4.79 Å². The number of carboxylic acids is 1. The van der Waals surface area contributed by atoms with Crippen molar-refractivity contribution in [3.05, 3.63) is 41.5 Å². The lowest BCUT2D eigenvalue weighted by atomic mass is 9.94. The molecule has 0 spiro atoms. The Hall–Kier alpha value is -2.39. The van der Waals surface area contributed by atoms with Gasteiger partial charge < -0.3 is 33.9 Å². The molecular formula is C26H38O8. The summed E-state index contributed by atoms with van der Waals surface area (Å²) in [6, 6.07) is 3.17. The van der Waals surface area contributed by atoms with Crippen LogP contribution in [0.4, 0.5) is 0 Å². The minimum absolute atomic E-state index is 0.0259. The fraction of sp³-hybridized carbons (Fsp3) is 0.577. The number of aliphatic hydroxyl groups is 1. The molecule has 0 saturated carbocycles. The molecule has 190 valence electrons. The number of rotatable bonds is 12. The van der Waals surface area contributed by atoms with E-state index in [1.165, 1.54) is 20.3 Å². The predicted octanol–water partition coefficient (Wildman–Crippen LogP) is 4.51. The summed E-state index contributed by atoms with van der Waals surface area (Å²) in [7, 11) is 2.97. The van der Waals surface area contributed by atoms with Gasteiger partial charge in [-0.05, 0) is 44.7 Å². The molecule has 0 aromatic heterocycles. The molecule has 1 aromatic rings. The summed E-state index contributed by atoms with van der Waals surface area (Å²) < 4.78 is 28.0. The third-order valence-electron chi connectivity index (χ3n) is 5.77. The van der Waals surface area contributed by atoms with Gasteiger partial charge >= 0.3 is 5.97 Å². The molecule has 34 heavy (non-hydrogen) atoms. The molecule has 1 unspecified atom stereocenters. The SMILES string of the molecule is COCOc1cc(OC)cc(/C=C/C[C@H]2OC(C)(C)O[C@@H]2C(C)/C=C\[C@@H](C)[C@H](C)O)c1C(=O)O. The number of benzene rings is 1. The largest absolute Gasteiger partial charge is 0.497 e. The van der Waals surface area contributed by atoms with E-state index in [4.69, 9.17) is 23.7 Å². The van der Waals surface area contributed by atoms with Crippen molar-refractivity contribution in [1.29, 1.82) is 0 Å². The average molecular weight is 479 g/mol. The molecule has 1 saturated heterocycles. The molecular weight excluding hydrogens is 440 g/mol. The zero-order chi connectivity index (χ0) is 25.5. The Morgan fingerprint density at radius 1 is 1.18 bits per heavy atom. The molecule has 1 fully saturated rings. The average Bonchev–Trinajstić information content (AvgIpc) is 3.09. The van der Waals surface area contributed by atoms with Gasteiger partial charge in [-0.1, -0.05) is 38.2 Å². The van der Waals surface area contributed by atoms with Crippen molar-refractivity contribution in [1.82, 2.24) is 0 Å². The Morgan fingerprint density at radius 2 is 1.88 bits per heavy atom. The van der Waals surface area contributed by atoms with Crippen LogP contribution in [0.15, 0.2) is 30.4 Å². The topological polar surface area (TPSA) is 104 Å². The monoisotopic (exact) mass is 478 g/mol. The lowest BCUT2D eigenvalue weighted by Crippen LogP contribution is -2.28. The van der Waals surface area contributed by atoms with Gasteiger partial charge in [-0.15, -0.1) is 0 Å². The third-order valence-corrected chi connectivity index (χ3v) is 5.77. The standard InChI is InChI=1S/C26H38O8/c1-16(18(3)27)11-12-17(2)24-21(33-26(4,5)34-24)10-8-9-19-13-20(31-7)14-22(32-15-30-6)23(19)25(28)29/h8-9,11-14,16-18,21,24,27H,10,15H2,1-7H3,(H,28,29)/b9-8+,12-11-/t16-,17?,18+,21-,24-/m1/s1. The maximum atomic E-state index is 12.0. The van der Waals surface area contributed by atoms with E-state index in [9.17, 15) is 15.0 Å². The molecule has 5 atom stereocenters. The van der Waals surface area contributed by atoms with E-state index in [1.54, 1.807) is 19.1 Å². The number of carbonyl (C=O) groups is 1. The van der Waals surface area contributed by atoms with Crippen LogP contribution in [-0.4, -0.2) is 61.3 Å². The van der Waals surface area contributed by atoms with Crippen molar-refractivity contribution in [2.45, 2.75) is 65.1 Å². The lowest BCUT2D eigenvalue weighted by molar-refractivity contribution is -0.148. The summed E-state index contributed by atoms with van der Waals surface area (Å²) in [5, 5.41) is 19.5. The maximum absolute atomic E-state index is 12.0. The first-order valence-electron chi connectivity index (χ1n) is 11.4. The molecule has 1 aliphatic heterocycles. The summed E-state index contributed by atoms with van der Waals surface area (Å²) in [5.74, 6) is -1.11. The van der Waals surface area contributed by atoms with Crippen LogP contribution in [-0.2, 0) is 14.2 Å². The normalized spacial score (nSPS) is 22.7. The van der Waals surface area contributed by atoms with Crippen molar-refractivity contribution in [3.63, 3.8) is 0 Å². The second kappa shape index (κ2) is 12.4. The fourth-order valence-corrected chi connectivity index (χ4v) is 3.77. The van der Waals surface area contributed by atoms with Crippen molar-refractivity contribution in [2.75, 3.05) is 21.0 Å². The maximum Gasteiger partial charge on any atom is 0.340 e. The zero-order valence-electron chi connectivity index (χ0n) is 21.1. The van der Waals surface area contributed by atoms with Gasteiger partial charge in [0.1, 0.15) is 17.1 Å². The van der Waals surface area contributed by atoms with Crippen molar-refractivity contribution in [3.8, 4) is 11.5 Å². The van der Waals surface area contributed by atoms with Crippen LogP contribution in [0.5, 0.6) is 11.5 Å². The van der Waals surface area contributed by atoms with Crippen molar-refractivity contribution >= 4 is 12.0 Å². The second-order valence-electron chi connectivity index (χ2n) is 9.07. The molecule has 0 radical (unpaired) electrons. The van der Waals surface area contributed by atoms with E-state index in [0.717, 1.165) is 0 Å². The van der Waals surface area contributed by atoms with Crippen molar-refractivity contribution in [2.24, 2.45) is 11.8 Å². The lowest BCUT2D eigenvalue weighted by Gasteiger charge is -2.21. The quantitative estimate of drug-likeness (QED) is 0.334. The van der Waals surface area contributed by atoms with Crippen LogP contribution in [0.3, 0.4) is 0 Å². The highest BCUT2D eigenvalue weighted by Gasteiger charge is 2.42. The van der Waals surface area contributed by atoms with Crippen molar-refractivity contribution < 1.29 is 38.7 Å². The number of aliphatic hydroxyl groups excluding tert-OH is 1. The zero-order valence-corrected chi connectivity index (χ0v) is 21.1. The van der Waals surface area contributed by atoms with Gasteiger partial charge in [0.2, 0.25) is 0 Å². The van der Waals surface area contributed by atoms with Crippen LogP contribution in [0.2, 0.25) is 0 Å². The molecule has 2 N–H and O–H groups in total. The first-order chi connectivity index (χ1) is 16.0. The smallest absolute Gasteiger partial charge is 0.340 e. The van der Waals surface area contributed by atoms with Crippen LogP contribution < -0.4 is 9.47 Å². The number of aromatic carboxylic acids is 1. The summed E-state index contributed by atoms with van der Waals surface area (Å²) in [6.07, 6.45) is 7.32. The summed E-state index contributed by atoms with van der Waals surface area (Å²) in [6.45, 7) is 9.45. The van der Waals surface area contributed by atoms with E-state index in [1.807, 2.05) is 39.0 Å². The van der Waals surface area contributed by atoms with Crippen LogP contribution in [0, 0.1) is 11.8 Å². The number of hydrogen-bond acceptors (Lipinski definition) is 7. The second-order valence-corrected chi connectivity index (χ2v) is 9.07. The molecule has 2 rings (SSSR count). The van der Waals surface area contributed by atoms with E-state index in [0.29, 0.717) is 17.7 Å². The number of methoxy groups -OCH3 is 2. The Kier molecular flexibility index (Phi) is 10.1. The minimum Gasteiger partial charge on any atom is -0.497 e. The van der Waals surface area contributed by atoms with Gasteiger partial charge in [-0.3, -0.25) is 0 Å². The molecule has 0 aliphatic carbocycles. The molecule has 1 heterocycles. The summed E-state index contributed by atoms with van der Waals surface area (Å²) in [5.41, 5.74) is 0.476. The number of carboxylic acid groups (broad SMARTS) is 1. The first kappa shape index (κ1) is 27.9. The highest BCUT2D eigenvalue weighted by Crippen LogP contribution is 2.35. The predicted molar refractivity (Wildman–Crippen MR) is 129 cm³/mol. The van der Waals surface area contributed by atoms with Gasteiger partial charge in [0.15, 0.2) is 12.6 Å². The Morgan fingerprint density at radius 3 is 2.47 bits per heavy atom. The molecule has 1 aromatic carbocycles. The molecule has 1 aliphatic rings. The van der Waals surface area contributed by atoms with Gasteiger partial charge in [0.25, 0.3) is 0 Å². The highest BCUT2D eigenvalue weighted by atomic mass is 16.8. The first-order valence-corrected chi connectivity index (χ1v) is 11.4. The van der Waals surface area contributed by atoms with Crippen LogP contribution in [0.25, 0.3) is 6.08 Å². The summed E-state index contributed by atoms with van der Waals surface area (Å²) >= 11 is 0. The van der Waals surface area contributed by atoms with Crippen LogP contribution in [0.1, 0.15) is 57.0 Å². The Balaban J connectivity index is 2.25. The molecule has 0 bridgehead atoms. The highest BCUT2D eigenvalue weighted by molar-refractivity contribution is 5.95. The minimum atomic E-state index is -1.11. The van der Waals surface area contributed by atoms with Crippen LogP contribution >= 0.6 is 0 Å². The molecule has 0 amide bonds. The molecule has 8 nitrogen and oxygen atoms in total. The third kappa shape index (κ3) is 7.56. The summed E-state index contributed by atoms with van der Waals surface area (Å²) in [4.78, 5) is 12.0. The van der Waals surface area contributed by atoms with E-state index in [2.05, 4.69) is 6.92 Å². The van der Waals surface area contributed by atoms with E-state index in [-0.39, 0.29) is 42.1 Å². The number of ether oxygens (including phenoxy) is 5. The van der Waals surface area contributed by atoms with E-state index >= 15 is 0 Å². The van der Waals surface area contributed by atoms with Gasteiger partial charge in [0, 0.05) is 19.1 Å².